The third-order valence-electron chi connectivity index (χ3n) is 2.38. The van der Waals surface area contributed by atoms with Gasteiger partial charge in [-0.05, 0) is 20.1 Å². The monoisotopic (exact) mass is 185 g/mol. The summed E-state index contributed by atoms with van der Waals surface area (Å²) in [5.74, 6) is 0. The van der Waals surface area contributed by atoms with Crippen molar-refractivity contribution in [2.45, 2.75) is 19.1 Å². The fourth-order valence-corrected chi connectivity index (χ4v) is 1.19. The Bertz CT molecular complexity index is 251. The summed E-state index contributed by atoms with van der Waals surface area (Å²) < 4.78 is 0. The summed E-state index contributed by atoms with van der Waals surface area (Å²) in [6.07, 6.45) is -0.656. The third kappa shape index (κ3) is 3.47. The maximum Gasteiger partial charge on any atom is 1.00 e. The summed E-state index contributed by atoms with van der Waals surface area (Å²) in [4.78, 5) is 1.95. The van der Waals surface area contributed by atoms with Gasteiger partial charge >= 0.3 is 18.9 Å². The molecule has 1 rings (SSSR count). The molecular weight excluding hydrogens is 169 g/mol. The normalized spacial score (nSPS) is 14.6. The molecule has 0 aliphatic rings. The standard InChI is InChI=1S/C11H16NO.Li/c1-9(12(2)3)11(13)10-7-5-4-6-8-10;/h4-9,11H,1-3H3;/q-1;+1. The Labute approximate surface area is 98.1 Å². The van der Waals surface area contributed by atoms with Crippen molar-refractivity contribution < 1.29 is 24.0 Å². The second-order valence-corrected chi connectivity index (χ2v) is 3.54. The Kier molecular flexibility index (Phi) is 6.15. The van der Waals surface area contributed by atoms with Crippen molar-refractivity contribution in [2.75, 3.05) is 14.1 Å². The predicted octanol–water partition coefficient (Wildman–Crippen LogP) is -1.96. The molecule has 0 aliphatic heterocycles. The van der Waals surface area contributed by atoms with E-state index >= 15 is 0 Å². The van der Waals surface area contributed by atoms with Gasteiger partial charge < -0.3 is 10.0 Å². The number of benzene rings is 1. The van der Waals surface area contributed by atoms with Crippen LogP contribution in [0.25, 0.3) is 0 Å². The summed E-state index contributed by atoms with van der Waals surface area (Å²) in [5, 5.41) is 11.8. The minimum absolute atomic E-state index is 0. The molecule has 0 bridgehead atoms. The van der Waals surface area contributed by atoms with E-state index in [1.165, 1.54) is 0 Å². The van der Waals surface area contributed by atoms with Crippen LogP contribution in [0.2, 0.25) is 0 Å². The van der Waals surface area contributed by atoms with Crippen molar-refractivity contribution in [3.8, 4) is 0 Å². The van der Waals surface area contributed by atoms with E-state index < -0.39 is 6.10 Å². The Balaban J connectivity index is 0.00000169. The predicted molar refractivity (Wildman–Crippen MR) is 52.3 cm³/mol. The van der Waals surface area contributed by atoms with Crippen molar-refractivity contribution >= 4 is 0 Å². The van der Waals surface area contributed by atoms with Crippen LogP contribution in [0.4, 0.5) is 0 Å². The molecule has 14 heavy (non-hydrogen) atoms. The zero-order chi connectivity index (χ0) is 9.84. The van der Waals surface area contributed by atoms with E-state index in [0.29, 0.717) is 0 Å². The second kappa shape index (κ2) is 6.26. The molecule has 1 aromatic carbocycles. The molecule has 72 valence electrons. The van der Waals surface area contributed by atoms with Crippen LogP contribution in [0.15, 0.2) is 30.3 Å². The molecule has 0 saturated heterocycles. The zero-order valence-electron chi connectivity index (χ0n) is 9.40. The van der Waals surface area contributed by atoms with Crippen molar-refractivity contribution in [2.24, 2.45) is 0 Å². The first-order valence-corrected chi connectivity index (χ1v) is 4.50. The molecular formula is C11H16LiNO. The molecule has 0 amide bonds. The van der Waals surface area contributed by atoms with Crippen molar-refractivity contribution in [1.82, 2.24) is 4.90 Å². The second-order valence-electron chi connectivity index (χ2n) is 3.54. The molecule has 0 fully saturated rings. The van der Waals surface area contributed by atoms with Gasteiger partial charge in [-0.1, -0.05) is 48.9 Å². The van der Waals surface area contributed by atoms with Crippen LogP contribution < -0.4 is 24.0 Å². The first-order valence-electron chi connectivity index (χ1n) is 4.50. The van der Waals surface area contributed by atoms with E-state index in [1.54, 1.807) is 0 Å². The van der Waals surface area contributed by atoms with Crippen LogP contribution in [0.1, 0.15) is 18.6 Å². The number of nitrogens with zero attached hydrogens (tertiary/aromatic N) is 1. The molecule has 0 saturated carbocycles. The molecule has 2 atom stereocenters. The number of hydrogen-bond acceptors (Lipinski definition) is 2. The van der Waals surface area contributed by atoms with Gasteiger partial charge in [-0.3, -0.25) is 0 Å². The summed E-state index contributed by atoms with van der Waals surface area (Å²) in [6.45, 7) is 1.95. The summed E-state index contributed by atoms with van der Waals surface area (Å²) in [6, 6.07) is 9.54. The zero-order valence-corrected chi connectivity index (χ0v) is 9.40. The minimum atomic E-state index is -0.656. The molecule has 3 heteroatoms. The number of likely N-dealkylation sites (N-methyl/N-ethyl adjacent to an activating group) is 1. The molecule has 1 aromatic rings. The number of rotatable bonds is 3. The van der Waals surface area contributed by atoms with Crippen LogP contribution in [0, 0.1) is 0 Å². The number of hydrogen-bond donors (Lipinski definition) is 0. The van der Waals surface area contributed by atoms with Crippen molar-refractivity contribution in [1.29, 1.82) is 0 Å². The van der Waals surface area contributed by atoms with Gasteiger partial charge in [0.1, 0.15) is 0 Å². The Morgan fingerprint density at radius 3 is 2.07 bits per heavy atom. The fourth-order valence-electron chi connectivity index (χ4n) is 1.19. The molecule has 0 aromatic heterocycles. The van der Waals surface area contributed by atoms with Gasteiger partial charge in [-0.25, -0.2) is 0 Å². The van der Waals surface area contributed by atoms with E-state index in [2.05, 4.69) is 0 Å². The maximum atomic E-state index is 11.8. The van der Waals surface area contributed by atoms with Crippen LogP contribution in [0.3, 0.4) is 0 Å². The molecule has 0 aliphatic carbocycles. The molecule has 0 radical (unpaired) electrons. The largest absolute Gasteiger partial charge is 1.00 e. The molecule has 0 spiro atoms. The van der Waals surface area contributed by atoms with Gasteiger partial charge in [-0.2, -0.15) is 0 Å². The van der Waals surface area contributed by atoms with E-state index in [1.807, 2.05) is 56.3 Å². The fraction of sp³-hybridized carbons (Fsp3) is 0.455. The van der Waals surface area contributed by atoms with Crippen LogP contribution in [-0.2, 0) is 0 Å². The average Bonchev–Trinajstić information content (AvgIpc) is 2.17. The Hall–Kier alpha value is -0.263. The van der Waals surface area contributed by atoms with Gasteiger partial charge in [0.15, 0.2) is 0 Å². The van der Waals surface area contributed by atoms with Gasteiger partial charge in [-0.15, -0.1) is 0 Å². The Morgan fingerprint density at radius 1 is 1.14 bits per heavy atom. The van der Waals surface area contributed by atoms with E-state index in [0.717, 1.165) is 5.56 Å². The average molecular weight is 185 g/mol. The minimum Gasteiger partial charge on any atom is -0.847 e. The quantitative estimate of drug-likeness (QED) is 0.511. The van der Waals surface area contributed by atoms with Gasteiger partial charge in [0, 0.05) is 0 Å². The van der Waals surface area contributed by atoms with Gasteiger partial charge in [0.2, 0.25) is 0 Å². The molecule has 2 unspecified atom stereocenters. The van der Waals surface area contributed by atoms with Crippen LogP contribution >= 0.6 is 0 Å². The van der Waals surface area contributed by atoms with E-state index in [9.17, 15) is 5.11 Å². The van der Waals surface area contributed by atoms with E-state index in [-0.39, 0.29) is 24.9 Å². The molecule has 0 N–H and O–H groups in total. The van der Waals surface area contributed by atoms with Gasteiger partial charge in [0.25, 0.3) is 0 Å². The van der Waals surface area contributed by atoms with Gasteiger partial charge in [0.05, 0.1) is 0 Å². The molecule has 0 heterocycles. The summed E-state index contributed by atoms with van der Waals surface area (Å²) in [5.41, 5.74) is 0.865. The SMILES string of the molecule is CC(C([O-])c1ccccc1)N(C)C.[Li+]. The third-order valence-corrected chi connectivity index (χ3v) is 2.38. The smallest absolute Gasteiger partial charge is 0.847 e. The summed E-state index contributed by atoms with van der Waals surface area (Å²) in [7, 11) is 3.86. The topological polar surface area (TPSA) is 26.3 Å². The maximum absolute atomic E-state index is 11.8. The molecule has 2 nitrogen and oxygen atoms in total. The first-order chi connectivity index (χ1) is 6.13. The Morgan fingerprint density at radius 2 is 1.64 bits per heavy atom. The first kappa shape index (κ1) is 13.7. The van der Waals surface area contributed by atoms with Crippen LogP contribution in [-0.4, -0.2) is 25.0 Å². The summed E-state index contributed by atoms with van der Waals surface area (Å²) >= 11 is 0. The van der Waals surface area contributed by atoms with Crippen molar-refractivity contribution in [3.05, 3.63) is 35.9 Å². The van der Waals surface area contributed by atoms with Crippen LogP contribution in [0.5, 0.6) is 0 Å². The van der Waals surface area contributed by atoms with E-state index in [4.69, 9.17) is 0 Å². The van der Waals surface area contributed by atoms with Crippen molar-refractivity contribution in [3.63, 3.8) is 0 Å².